The van der Waals surface area contributed by atoms with Crippen LogP contribution in [0.4, 0.5) is 0 Å². The molecule has 1 saturated heterocycles. The Bertz CT molecular complexity index is 837. The molecule has 0 saturated carbocycles. The number of para-hydroxylation sites is 1. The van der Waals surface area contributed by atoms with E-state index in [0.717, 1.165) is 31.9 Å². The fourth-order valence-electron chi connectivity index (χ4n) is 4.26. The molecule has 0 bridgehead atoms. The molecule has 3 nitrogen and oxygen atoms in total. The third-order valence-corrected chi connectivity index (χ3v) is 5.60. The number of methoxy groups -OCH3 is 1. The molecule has 160 valence electrons. The van der Waals surface area contributed by atoms with Crippen LogP contribution >= 0.6 is 24.8 Å². The molecular weight excluding hydrogens is 415 g/mol. The van der Waals surface area contributed by atoms with Crippen LogP contribution in [-0.2, 0) is 6.54 Å². The monoisotopic (exact) mass is 444 g/mol. The first-order chi connectivity index (χ1) is 13.8. The minimum atomic E-state index is 0. The zero-order valence-corrected chi connectivity index (χ0v) is 18.9. The van der Waals surface area contributed by atoms with Crippen molar-refractivity contribution in [2.24, 2.45) is 0 Å². The zero-order valence-electron chi connectivity index (χ0n) is 17.2. The molecule has 1 unspecified atom stereocenters. The van der Waals surface area contributed by atoms with Gasteiger partial charge in [0.2, 0.25) is 0 Å². The number of rotatable bonds is 6. The van der Waals surface area contributed by atoms with Crippen LogP contribution in [0.3, 0.4) is 0 Å². The summed E-state index contributed by atoms with van der Waals surface area (Å²) in [5.74, 6) is 1.31. The summed E-state index contributed by atoms with van der Waals surface area (Å²) in [6.45, 7) is 3.96. The third kappa shape index (κ3) is 5.77. The average molecular weight is 445 g/mol. The molecule has 1 heterocycles. The molecule has 1 fully saturated rings. The fourth-order valence-corrected chi connectivity index (χ4v) is 4.26. The van der Waals surface area contributed by atoms with Crippen molar-refractivity contribution in [3.8, 4) is 5.75 Å². The maximum Gasteiger partial charge on any atom is 0.123 e. The van der Waals surface area contributed by atoms with Crippen molar-refractivity contribution in [1.29, 1.82) is 0 Å². The van der Waals surface area contributed by atoms with E-state index in [1.54, 1.807) is 7.11 Å². The van der Waals surface area contributed by atoms with Crippen LogP contribution in [0, 0.1) is 0 Å². The van der Waals surface area contributed by atoms with Crippen LogP contribution < -0.4 is 10.1 Å². The van der Waals surface area contributed by atoms with Gasteiger partial charge in [-0.05, 0) is 17.2 Å². The molecule has 30 heavy (non-hydrogen) atoms. The quantitative estimate of drug-likeness (QED) is 0.568. The molecule has 0 spiro atoms. The number of nitrogens with zero attached hydrogens (tertiary/aromatic N) is 1. The van der Waals surface area contributed by atoms with E-state index in [1.165, 1.54) is 16.7 Å². The molecule has 5 heteroatoms. The molecule has 1 aliphatic rings. The predicted molar refractivity (Wildman–Crippen MR) is 129 cm³/mol. The molecule has 3 aromatic rings. The molecule has 1 atom stereocenters. The summed E-state index contributed by atoms with van der Waals surface area (Å²) in [7, 11) is 1.75. The molecular formula is C25H30Cl2N2O. The summed E-state index contributed by atoms with van der Waals surface area (Å²) in [5.41, 5.74) is 3.98. The standard InChI is InChI=1S/C25H28N2O.2ClH/c1-28-24-15-9-8-14-22(24)18-27-17-16-26-23(19-27)25(20-10-4-2-5-11-20)21-12-6-3-7-13-21;;/h2-15,23,25-26H,16-19H2,1H3;2*1H. The van der Waals surface area contributed by atoms with Gasteiger partial charge in [-0.25, -0.2) is 0 Å². The summed E-state index contributed by atoms with van der Waals surface area (Å²) in [5, 5.41) is 3.79. The van der Waals surface area contributed by atoms with Gasteiger partial charge in [0.1, 0.15) is 5.75 Å². The van der Waals surface area contributed by atoms with Crippen molar-refractivity contribution in [3.63, 3.8) is 0 Å². The minimum Gasteiger partial charge on any atom is -0.496 e. The molecule has 0 radical (unpaired) electrons. The van der Waals surface area contributed by atoms with Gasteiger partial charge in [0.05, 0.1) is 7.11 Å². The molecule has 4 rings (SSSR count). The van der Waals surface area contributed by atoms with Gasteiger partial charge in [-0.15, -0.1) is 24.8 Å². The number of nitrogens with one attached hydrogen (secondary N) is 1. The van der Waals surface area contributed by atoms with Crippen LogP contribution in [-0.4, -0.2) is 37.7 Å². The number of ether oxygens (including phenoxy) is 1. The van der Waals surface area contributed by atoms with E-state index in [0.29, 0.717) is 12.0 Å². The summed E-state index contributed by atoms with van der Waals surface area (Å²) in [6, 6.07) is 30.4. The van der Waals surface area contributed by atoms with Crippen LogP contribution in [0.25, 0.3) is 0 Å². The lowest BCUT2D eigenvalue weighted by molar-refractivity contribution is 0.182. The number of hydrogen-bond acceptors (Lipinski definition) is 3. The van der Waals surface area contributed by atoms with Crippen molar-refractivity contribution in [2.75, 3.05) is 26.7 Å². The average Bonchev–Trinajstić information content (AvgIpc) is 2.76. The van der Waals surface area contributed by atoms with E-state index in [9.17, 15) is 0 Å². The molecule has 0 amide bonds. The van der Waals surface area contributed by atoms with E-state index in [-0.39, 0.29) is 24.8 Å². The van der Waals surface area contributed by atoms with Crippen molar-refractivity contribution in [3.05, 3.63) is 102 Å². The van der Waals surface area contributed by atoms with Gasteiger partial charge >= 0.3 is 0 Å². The molecule has 0 aromatic heterocycles. The number of benzene rings is 3. The van der Waals surface area contributed by atoms with E-state index in [2.05, 4.69) is 83.0 Å². The van der Waals surface area contributed by atoms with Crippen LogP contribution in [0.5, 0.6) is 5.75 Å². The Morgan fingerprint density at radius 2 is 1.43 bits per heavy atom. The van der Waals surface area contributed by atoms with E-state index >= 15 is 0 Å². The Balaban J connectivity index is 0.00000160. The summed E-state index contributed by atoms with van der Waals surface area (Å²) in [4.78, 5) is 2.54. The smallest absolute Gasteiger partial charge is 0.123 e. The van der Waals surface area contributed by atoms with Gasteiger partial charge < -0.3 is 10.1 Å². The Hall–Kier alpha value is -2.04. The lowest BCUT2D eigenvalue weighted by atomic mass is 9.84. The number of piperazine rings is 1. The van der Waals surface area contributed by atoms with Crippen molar-refractivity contribution < 1.29 is 4.74 Å². The van der Waals surface area contributed by atoms with Gasteiger partial charge in [-0.2, -0.15) is 0 Å². The van der Waals surface area contributed by atoms with Crippen molar-refractivity contribution in [2.45, 2.75) is 18.5 Å². The maximum atomic E-state index is 5.56. The molecule has 1 aliphatic heterocycles. The molecule has 1 N–H and O–H groups in total. The SMILES string of the molecule is COc1ccccc1CN1CCNC(C(c2ccccc2)c2ccccc2)C1.Cl.Cl. The Labute approximate surface area is 192 Å². The van der Waals surface area contributed by atoms with E-state index in [4.69, 9.17) is 4.74 Å². The van der Waals surface area contributed by atoms with Gasteiger partial charge in [-0.3, -0.25) is 4.90 Å². The molecule has 0 aliphatic carbocycles. The number of halogens is 2. The van der Waals surface area contributed by atoms with Crippen LogP contribution in [0.1, 0.15) is 22.6 Å². The largest absolute Gasteiger partial charge is 0.496 e. The van der Waals surface area contributed by atoms with Crippen molar-refractivity contribution >= 4 is 24.8 Å². The first kappa shape index (κ1) is 24.2. The van der Waals surface area contributed by atoms with Crippen LogP contribution in [0.15, 0.2) is 84.9 Å². The Morgan fingerprint density at radius 3 is 2.03 bits per heavy atom. The fraction of sp³-hybridized carbons (Fsp3) is 0.280. The second kappa shape index (κ2) is 12.0. The second-order valence-corrected chi connectivity index (χ2v) is 7.41. The number of hydrogen-bond donors (Lipinski definition) is 1. The minimum absolute atomic E-state index is 0. The lowest BCUT2D eigenvalue weighted by Gasteiger charge is -2.38. The van der Waals surface area contributed by atoms with Gasteiger partial charge in [-0.1, -0.05) is 78.9 Å². The Morgan fingerprint density at radius 1 is 0.867 bits per heavy atom. The summed E-state index contributed by atoms with van der Waals surface area (Å²) in [6.07, 6.45) is 0. The highest BCUT2D eigenvalue weighted by molar-refractivity contribution is 5.85. The first-order valence-corrected chi connectivity index (χ1v) is 10.0. The topological polar surface area (TPSA) is 24.5 Å². The predicted octanol–water partition coefficient (Wildman–Crippen LogP) is 5.14. The van der Waals surface area contributed by atoms with Gasteiger partial charge in [0, 0.05) is 43.7 Å². The zero-order chi connectivity index (χ0) is 19.2. The normalized spacial score (nSPS) is 16.4. The van der Waals surface area contributed by atoms with E-state index < -0.39 is 0 Å². The maximum absolute atomic E-state index is 5.56. The van der Waals surface area contributed by atoms with Gasteiger partial charge in [0.25, 0.3) is 0 Å². The van der Waals surface area contributed by atoms with Crippen molar-refractivity contribution in [1.82, 2.24) is 10.2 Å². The Kier molecular flexibility index (Phi) is 9.67. The van der Waals surface area contributed by atoms with Crippen LogP contribution in [0.2, 0.25) is 0 Å². The molecule has 3 aromatic carbocycles. The van der Waals surface area contributed by atoms with E-state index in [1.807, 2.05) is 12.1 Å². The van der Waals surface area contributed by atoms with Gasteiger partial charge in [0.15, 0.2) is 0 Å². The highest BCUT2D eigenvalue weighted by Crippen LogP contribution is 2.30. The summed E-state index contributed by atoms with van der Waals surface area (Å²) < 4.78 is 5.56. The third-order valence-electron chi connectivity index (χ3n) is 5.60. The summed E-state index contributed by atoms with van der Waals surface area (Å²) >= 11 is 0. The highest BCUT2D eigenvalue weighted by Gasteiger charge is 2.29. The highest BCUT2D eigenvalue weighted by atomic mass is 35.5. The lowest BCUT2D eigenvalue weighted by Crippen LogP contribution is -2.52. The first-order valence-electron chi connectivity index (χ1n) is 10.0. The second-order valence-electron chi connectivity index (χ2n) is 7.41.